The number of carboxylic acid groups (broad SMARTS) is 1. The van der Waals surface area contributed by atoms with E-state index in [2.05, 4.69) is 12.2 Å². The average molecular weight is 440 g/mol. The number of anilines is 1. The molecule has 4 unspecified atom stereocenters. The van der Waals surface area contributed by atoms with Crippen molar-refractivity contribution in [1.29, 1.82) is 0 Å². The lowest BCUT2D eigenvalue weighted by Crippen LogP contribution is -2.46. The molecule has 5 aliphatic rings. The van der Waals surface area contributed by atoms with Gasteiger partial charge in [-0.05, 0) is 36.7 Å². The van der Waals surface area contributed by atoms with E-state index in [-0.39, 0.29) is 40.4 Å². The third-order valence-electron chi connectivity index (χ3n) is 7.97. The van der Waals surface area contributed by atoms with Gasteiger partial charge >= 0.3 is 5.97 Å². The summed E-state index contributed by atoms with van der Waals surface area (Å²) in [6.45, 7) is 0.909. The number of fused-ring (bicyclic) bond motifs is 2. The first-order chi connectivity index (χ1) is 15.3. The van der Waals surface area contributed by atoms with E-state index in [0.29, 0.717) is 31.1 Å². The van der Waals surface area contributed by atoms with Crippen LogP contribution in [-0.2, 0) is 0 Å². The lowest BCUT2D eigenvalue weighted by Gasteiger charge is -2.49. The molecule has 6 nitrogen and oxygen atoms in total. The second kappa shape index (κ2) is 6.51. The summed E-state index contributed by atoms with van der Waals surface area (Å²) in [6, 6.07) is 0.971. The fourth-order valence-electron chi connectivity index (χ4n) is 6.21. The van der Waals surface area contributed by atoms with E-state index in [9.17, 15) is 19.8 Å². The number of aliphatic hydroxyl groups excluding tert-OH is 1. The van der Waals surface area contributed by atoms with Gasteiger partial charge in [0, 0.05) is 36.8 Å². The molecular weight excluding hydrogens is 418 g/mol. The fourth-order valence-corrected chi connectivity index (χ4v) is 6.21. The zero-order valence-electron chi connectivity index (χ0n) is 17.2. The zero-order chi connectivity index (χ0) is 22.4. The topological polar surface area (TPSA) is 82.8 Å². The molecule has 1 aliphatic heterocycles. The summed E-state index contributed by atoms with van der Waals surface area (Å²) in [5.74, 6) is -2.51. The van der Waals surface area contributed by atoms with Crippen molar-refractivity contribution < 1.29 is 23.8 Å². The highest BCUT2D eigenvalue weighted by Gasteiger charge is 2.54. The van der Waals surface area contributed by atoms with Crippen molar-refractivity contribution in [2.75, 3.05) is 24.6 Å². The first-order valence-electron chi connectivity index (χ1n) is 10.9. The van der Waals surface area contributed by atoms with Crippen molar-refractivity contribution in [1.82, 2.24) is 4.57 Å². The Balaban J connectivity index is 1.51. The van der Waals surface area contributed by atoms with Gasteiger partial charge in [-0.25, -0.2) is 13.6 Å². The molecule has 2 bridgehead atoms. The summed E-state index contributed by atoms with van der Waals surface area (Å²) in [7, 11) is 0. The number of halogens is 2. The van der Waals surface area contributed by atoms with Gasteiger partial charge in [0.25, 0.3) is 0 Å². The van der Waals surface area contributed by atoms with Gasteiger partial charge in [0.15, 0.2) is 5.82 Å². The summed E-state index contributed by atoms with van der Waals surface area (Å²) in [4.78, 5) is 25.9. The number of hydrogen-bond donors (Lipinski definition) is 2. The number of benzene rings is 1. The minimum absolute atomic E-state index is 0.0135. The van der Waals surface area contributed by atoms with Crippen LogP contribution < -0.4 is 10.3 Å². The Morgan fingerprint density at radius 3 is 2.69 bits per heavy atom. The van der Waals surface area contributed by atoms with E-state index in [4.69, 9.17) is 0 Å². The van der Waals surface area contributed by atoms with Gasteiger partial charge in [0.2, 0.25) is 5.43 Å². The van der Waals surface area contributed by atoms with Crippen LogP contribution >= 0.6 is 0 Å². The maximum absolute atomic E-state index is 15.9. The lowest BCUT2D eigenvalue weighted by molar-refractivity contribution is 0.0200. The molecule has 32 heavy (non-hydrogen) atoms. The Hall–Kier alpha value is -3.00. The number of aromatic carboxylic acids is 1. The number of nitrogens with zero attached hydrogens (tertiary/aromatic N) is 2. The van der Waals surface area contributed by atoms with Gasteiger partial charge in [-0.2, -0.15) is 0 Å². The van der Waals surface area contributed by atoms with Crippen molar-refractivity contribution in [3.8, 4) is 0 Å². The Labute approximate surface area is 182 Å². The molecule has 1 aromatic carbocycles. The van der Waals surface area contributed by atoms with Crippen LogP contribution in [0.25, 0.3) is 16.6 Å². The lowest BCUT2D eigenvalue weighted by atomic mass is 9.55. The van der Waals surface area contributed by atoms with Crippen LogP contribution in [0.5, 0.6) is 0 Å². The summed E-state index contributed by atoms with van der Waals surface area (Å²) in [5.41, 5.74) is -1.37. The SMILES string of the molecule is O=C(O)c1cn(C2=CC2)c2c(F)c(N3CC4C5C=CC(CO)(CC5)C4C3)c(F)cc2c1=O. The van der Waals surface area contributed by atoms with E-state index in [1.54, 1.807) is 11.0 Å². The Morgan fingerprint density at radius 1 is 1.28 bits per heavy atom. The van der Waals surface area contributed by atoms with Gasteiger partial charge in [-0.3, -0.25) is 4.79 Å². The van der Waals surface area contributed by atoms with Gasteiger partial charge in [-0.15, -0.1) is 0 Å². The van der Waals surface area contributed by atoms with Crippen LogP contribution in [0.4, 0.5) is 14.5 Å². The molecule has 0 amide bonds. The van der Waals surface area contributed by atoms with Gasteiger partial charge in [0.05, 0.1) is 17.5 Å². The monoisotopic (exact) mass is 440 g/mol. The van der Waals surface area contributed by atoms with Crippen molar-refractivity contribution >= 4 is 28.3 Å². The quantitative estimate of drug-likeness (QED) is 0.714. The van der Waals surface area contributed by atoms with Crippen LogP contribution in [0.15, 0.2) is 35.3 Å². The fraction of sp³-hybridized carbons (Fsp3) is 0.417. The maximum atomic E-state index is 15.9. The third-order valence-corrected chi connectivity index (χ3v) is 7.97. The van der Waals surface area contributed by atoms with E-state index in [1.165, 1.54) is 4.57 Å². The minimum Gasteiger partial charge on any atom is -0.477 e. The van der Waals surface area contributed by atoms with Crippen LogP contribution in [0.3, 0.4) is 0 Å². The van der Waals surface area contributed by atoms with Crippen LogP contribution in [0.2, 0.25) is 0 Å². The molecular formula is C24H22F2N2O4. The van der Waals surface area contributed by atoms with Gasteiger partial charge in [-0.1, -0.05) is 18.2 Å². The number of allylic oxidation sites excluding steroid dienone is 3. The molecule has 0 radical (unpaired) electrons. The van der Waals surface area contributed by atoms with Crippen molar-refractivity contribution in [2.24, 2.45) is 23.2 Å². The predicted octanol–water partition coefficient (Wildman–Crippen LogP) is 3.23. The van der Waals surface area contributed by atoms with Crippen molar-refractivity contribution in [2.45, 2.75) is 19.3 Å². The number of pyridine rings is 1. The molecule has 2 fully saturated rings. The summed E-state index contributed by atoms with van der Waals surface area (Å²) in [5, 5.41) is 19.2. The van der Waals surface area contributed by atoms with Crippen LogP contribution in [-0.4, -0.2) is 40.4 Å². The molecule has 1 saturated heterocycles. The highest BCUT2D eigenvalue weighted by atomic mass is 19.1. The third kappa shape index (κ3) is 2.53. The Morgan fingerprint density at radius 2 is 2.06 bits per heavy atom. The number of carboxylic acids is 1. The van der Waals surface area contributed by atoms with Crippen LogP contribution in [0.1, 0.15) is 29.6 Å². The molecule has 8 heteroatoms. The Kier molecular flexibility index (Phi) is 4.00. The molecule has 7 rings (SSSR count). The average Bonchev–Trinajstić information content (AvgIpc) is 3.52. The smallest absolute Gasteiger partial charge is 0.341 e. The second-order valence-corrected chi connectivity index (χ2v) is 9.49. The first-order valence-corrected chi connectivity index (χ1v) is 10.9. The number of aromatic nitrogens is 1. The molecule has 1 aromatic heterocycles. The number of carbonyl (C=O) groups is 1. The van der Waals surface area contributed by atoms with E-state index < -0.39 is 28.6 Å². The number of hydrogen-bond acceptors (Lipinski definition) is 4. The second-order valence-electron chi connectivity index (χ2n) is 9.49. The highest BCUT2D eigenvalue weighted by molar-refractivity contribution is 5.95. The summed E-state index contributed by atoms with van der Waals surface area (Å²) in [6.07, 6.45) is 9.52. The molecule has 166 valence electrons. The molecule has 0 spiro atoms. The standard InChI is InChI=1S/C24H22F2N2O4/c25-18-7-14-20(28(13-1-2-13)9-16(22(14)30)23(31)32)19(26)21(18)27-8-15-12-3-5-24(11-29,6-4-12)17(15)10-27/h1,3,5,7,9,12,15,17,29H,2,4,6,8,10-11H2,(H,31,32). The summed E-state index contributed by atoms with van der Waals surface area (Å²) >= 11 is 0. The minimum atomic E-state index is -1.43. The molecule has 2 aromatic rings. The predicted molar refractivity (Wildman–Crippen MR) is 115 cm³/mol. The Bertz CT molecular complexity index is 1310. The largest absolute Gasteiger partial charge is 0.477 e. The molecule has 2 N–H and O–H groups in total. The number of rotatable bonds is 4. The normalized spacial score (nSPS) is 30.0. The van der Waals surface area contributed by atoms with E-state index in [0.717, 1.165) is 25.1 Å². The van der Waals surface area contributed by atoms with Crippen molar-refractivity contribution in [3.05, 3.63) is 57.9 Å². The zero-order valence-corrected chi connectivity index (χ0v) is 17.2. The molecule has 2 heterocycles. The highest BCUT2D eigenvalue weighted by Crippen LogP contribution is 2.56. The van der Waals surface area contributed by atoms with Crippen molar-refractivity contribution in [3.63, 3.8) is 0 Å². The van der Waals surface area contributed by atoms with Gasteiger partial charge in [0.1, 0.15) is 17.1 Å². The molecule has 4 atom stereocenters. The van der Waals surface area contributed by atoms with E-state index in [1.807, 2.05) is 0 Å². The maximum Gasteiger partial charge on any atom is 0.341 e. The summed E-state index contributed by atoms with van der Waals surface area (Å²) < 4.78 is 32.6. The van der Waals surface area contributed by atoms with Gasteiger partial charge < -0.3 is 19.7 Å². The first kappa shape index (κ1) is 19.7. The van der Waals surface area contributed by atoms with E-state index >= 15 is 8.78 Å². The van der Waals surface area contributed by atoms with Crippen LogP contribution in [0, 0.1) is 34.8 Å². The number of aliphatic hydroxyl groups is 1. The molecule has 1 saturated carbocycles. The molecule has 4 aliphatic carbocycles.